The van der Waals surface area contributed by atoms with E-state index in [1.54, 1.807) is 0 Å². The molecule has 3 N–H and O–H groups in total. The molecule has 2 atom stereocenters. The minimum atomic E-state index is -3.06. The number of amides is 2. The van der Waals surface area contributed by atoms with E-state index in [9.17, 15) is 18.4 Å². The van der Waals surface area contributed by atoms with E-state index in [0.717, 1.165) is 4.90 Å². The second-order valence-corrected chi connectivity index (χ2v) is 6.58. The van der Waals surface area contributed by atoms with E-state index in [4.69, 9.17) is 21.4 Å². The number of hydrogen-bond donors (Lipinski definition) is 3. The van der Waals surface area contributed by atoms with Crippen molar-refractivity contribution in [3.05, 3.63) is 16.7 Å². The minimum absolute atomic E-state index is 0.00656. The second-order valence-electron chi connectivity index (χ2n) is 6.23. The molecule has 0 saturated carbocycles. The van der Waals surface area contributed by atoms with E-state index in [-0.39, 0.29) is 30.5 Å². The third kappa shape index (κ3) is 5.28. The quantitative estimate of drug-likeness (QED) is 0.685. The number of rotatable bonds is 6. The van der Waals surface area contributed by atoms with Gasteiger partial charge in [-0.3, -0.25) is 4.79 Å². The van der Waals surface area contributed by atoms with Gasteiger partial charge in [0.2, 0.25) is 0 Å². The maximum absolute atomic E-state index is 13.1. The van der Waals surface area contributed by atoms with E-state index in [0.29, 0.717) is 19.0 Å². The van der Waals surface area contributed by atoms with Crippen molar-refractivity contribution < 1.29 is 28.2 Å². The summed E-state index contributed by atoms with van der Waals surface area (Å²) in [7, 11) is 0. The number of aryl methyl sites for hydroxylation is 1. The summed E-state index contributed by atoms with van der Waals surface area (Å²) in [5.74, 6) is -3.62. The Kier molecular flexibility index (Phi) is 6.40. The molecule has 1 aliphatic rings. The number of carbonyl (C=O) groups is 2. The summed E-state index contributed by atoms with van der Waals surface area (Å²) in [6.45, 7) is 1.72. The number of nitrogens with one attached hydrogen (secondary N) is 2. The molecule has 2 heterocycles. The summed E-state index contributed by atoms with van der Waals surface area (Å²) in [4.78, 5) is 31.3. The van der Waals surface area contributed by atoms with Crippen molar-refractivity contribution >= 4 is 23.6 Å². The summed E-state index contributed by atoms with van der Waals surface area (Å²) in [5, 5.41) is 12.0. The maximum atomic E-state index is 13.1. The van der Waals surface area contributed by atoms with Crippen LogP contribution in [0.5, 0.6) is 0 Å². The molecule has 1 aromatic rings. The predicted molar refractivity (Wildman–Crippen MR) is 88.8 cm³/mol. The lowest BCUT2D eigenvalue weighted by Crippen LogP contribution is -2.56. The summed E-state index contributed by atoms with van der Waals surface area (Å²) in [5.41, 5.74) is 0.607. The average molecular weight is 395 g/mol. The molecule has 146 valence electrons. The zero-order valence-corrected chi connectivity index (χ0v) is 15.1. The molecule has 0 radical (unpaired) electrons. The van der Waals surface area contributed by atoms with Crippen LogP contribution in [0, 0.1) is 0 Å². The Hall–Kier alpha value is -1.94. The number of imidazole rings is 1. The number of H-pyrrole nitrogens is 1. The van der Waals surface area contributed by atoms with Crippen LogP contribution >= 0.6 is 11.6 Å². The van der Waals surface area contributed by atoms with Crippen LogP contribution in [0.1, 0.15) is 36.6 Å². The van der Waals surface area contributed by atoms with Crippen LogP contribution in [0.3, 0.4) is 0 Å². The number of halogens is 3. The zero-order chi connectivity index (χ0) is 19.5. The van der Waals surface area contributed by atoms with Crippen LogP contribution in [0.25, 0.3) is 0 Å². The Balaban J connectivity index is 2.07. The lowest BCUT2D eigenvalue weighted by Gasteiger charge is -2.37. The Labute approximate surface area is 153 Å². The summed E-state index contributed by atoms with van der Waals surface area (Å²) < 4.78 is 31.4. The van der Waals surface area contributed by atoms with Crippen LogP contribution in [0.4, 0.5) is 13.6 Å². The van der Waals surface area contributed by atoms with Gasteiger partial charge in [0.25, 0.3) is 11.8 Å². The van der Waals surface area contributed by atoms with Gasteiger partial charge in [-0.1, -0.05) is 18.5 Å². The van der Waals surface area contributed by atoms with Crippen LogP contribution in [0.15, 0.2) is 0 Å². The monoisotopic (exact) mass is 394 g/mol. The minimum Gasteiger partial charge on any atom is -0.465 e. The van der Waals surface area contributed by atoms with E-state index >= 15 is 0 Å². The molecule has 0 aromatic carbocycles. The number of hydrogen-bond acceptors (Lipinski definition) is 4. The molecular weight excluding hydrogens is 374 g/mol. The first kappa shape index (κ1) is 20.4. The largest absolute Gasteiger partial charge is 0.465 e. The number of carbonyl (C=O) groups excluding carboxylic acids is 1. The SMILES string of the molecule is CCc1[nH]c(C(=O)NC2CCN(C(=O)O)CC2OCC(C)(F)F)nc1Cl. The van der Waals surface area contributed by atoms with Gasteiger partial charge < -0.3 is 25.0 Å². The lowest BCUT2D eigenvalue weighted by molar-refractivity contribution is -0.105. The molecule has 1 fully saturated rings. The fourth-order valence-electron chi connectivity index (χ4n) is 2.64. The number of nitrogens with zero attached hydrogens (tertiary/aromatic N) is 2. The number of likely N-dealkylation sites (tertiary alicyclic amines) is 1. The van der Waals surface area contributed by atoms with E-state index in [2.05, 4.69) is 15.3 Å². The van der Waals surface area contributed by atoms with Gasteiger partial charge in [-0.2, -0.15) is 0 Å². The van der Waals surface area contributed by atoms with Crippen LogP contribution in [0.2, 0.25) is 5.15 Å². The fourth-order valence-corrected chi connectivity index (χ4v) is 2.91. The van der Waals surface area contributed by atoms with E-state index in [1.165, 1.54) is 0 Å². The smallest absolute Gasteiger partial charge is 0.407 e. The number of aromatic nitrogens is 2. The first-order chi connectivity index (χ1) is 12.1. The van der Waals surface area contributed by atoms with Gasteiger partial charge in [0.05, 0.1) is 24.4 Å². The van der Waals surface area contributed by atoms with Crippen LogP contribution in [-0.4, -0.2) is 69.7 Å². The predicted octanol–water partition coefficient (Wildman–Crippen LogP) is 2.15. The van der Waals surface area contributed by atoms with Gasteiger partial charge in [0, 0.05) is 13.5 Å². The second kappa shape index (κ2) is 8.17. The first-order valence-electron chi connectivity index (χ1n) is 8.13. The molecular formula is C15H21ClF2N4O4. The summed E-state index contributed by atoms with van der Waals surface area (Å²) in [6.07, 6.45) is -1.27. The molecule has 1 aliphatic heterocycles. The Morgan fingerprint density at radius 2 is 2.23 bits per heavy atom. The van der Waals surface area contributed by atoms with Crippen LogP contribution < -0.4 is 5.32 Å². The molecule has 2 rings (SSSR count). The highest BCUT2D eigenvalue weighted by Gasteiger charge is 2.35. The van der Waals surface area contributed by atoms with Crippen molar-refractivity contribution in [1.29, 1.82) is 0 Å². The maximum Gasteiger partial charge on any atom is 0.407 e. The van der Waals surface area contributed by atoms with E-state index < -0.39 is 36.7 Å². The lowest BCUT2D eigenvalue weighted by atomic mass is 10.0. The normalized spacial score (nSPS) is 20.9. The zero-order valence-electron chi connectivity index (χ0n) is 14.4. The molecule has 26 heavy (non-hydrogen) atoms. The highest BCUT2D eigenvalue weighted by Crippen LogP contribution is 2.20. The first-order valence-corrected chi connectivity index (χ1v) is 8.51. The number of alkyl halides is 2. The van der Waals surface area contributed by atoms with Gasteiger partial charge in [-0.15, -0.1) is 0 Å². The topological polar surface area (TPSA) is 108 Å². The van der Waals surface area contributed by atoms with Gasteiger partial charge in [0.1, 0.15) is 6.61 Å². The van der Waals surface area contributed by atoms with E-state index in [1.807, 2.05) is 6.92 Å². The molecule has 2 unspecified atom stereocenters. The summed E-state index contributed by atoms with van der Waals surface area (Å²) in [6, 6.07) is -0.630. The molecule has 1 saturated heterocycles. The highest BCUT2D eigenvalue weighted by atomic mass is 35.5. The fraction of sp³-hybridized carbons (Fsp3) is 0.667. The molecule has 11 heteroatoms. The van der Waals surface area contributed by atoms with Gasteiger partial charge >= 0.3 is 6.09 Å². The number of carboxylic acid groups (broad SMARTS) is 1. The Morgan fingerprint density at radius 1 is 1.54 bits per heavy atom. The Morgan fingerprint density at radius 3 is 2.77 bits per heavy atom. The standard InChI is InChI=1S/C15H21ClF2N4O4/c1-3-8-11(16)21-12(19-8)13(23)20-9-4-5-22(14(24)25)6-10(9)26-7-15(2,17)18/h9-10H,3-7H2,1-2H3,(H,19,21)(H,20,23)(H,24,25). The van der Waals surface area contributed by atoms with Gasteiger partial charge in [-0.05, 0) is 12.8 Å². The summed E-state index contributed by atoms with van der Waals surface area (Å²) >= 11 is 5.91. The van der Waals surface area contributed by atoms with Crippen molar-refractivity contribution in [3.63, 3.8) is 0 Å². The Bertz CT molecular complexity index is 665. The molecule has 1 aromatic heterocycles. The van der Waals surface area contributed by atoms with Crippen molar-refractivity contribution in [2.75, 3.05) is 19.7 Å². The van der Waals surface area contributed by atoms with Crippen molar-refractivity contribution in [2.24, 2.45) is 0 Å². The number of ether oxygens (including phenoxy) is 1. The number of aromatic amines is 1. The highest BCUT2D eigenvalue weighted by molar-refractivity contribution is 6.30. The molecule has 2 amide bonds. The molecule has 0 bridgehead atoms. The number of piperidine rings is 1. The van der Waals surface area contributed by atoms with Gasteiger partial charge in [-0.25, -0.2) is 18.6 Å². The van der Waals surface area contributed by atoms with Crippen molar-refractivity contribution in [1.82, 2.24) is 20.2 Å². The van der Waals surface area contributed by atoms with Crippen LogP contribution in [-0.2, 0) is 11.2 Å². The van der Waals surface area contributed by atoms with Crippen molar-refractivity contribution in [3.8, 4) is 0 Å². The third-order valence-corrected chi connectivity index (χ3v) is 4.31. The average Bonchev–Trinajstić information content (AvgIpc) is 2.94. The molecule has 0 aliphatic carbocycles. The van der Waals surface area contributed by atoms with Gasteiger partial charge in [0.15, 0.2) is 11.0 Å². The van der Waals surface area contributed by atoms with Crippen molar-refractivity contribution in [2.45, 2.75) is 44.8 Å². The third-order valence-electron chi connectivity index (χ3n) is 3.99. The molecule has 0 spiro atoms. The molecule has 8 nitrogen and oxygen atoms in total.